The average Bonchev–Trinajstić information content (AvgIpc) is 3.66. The molecule has 1 saturated carbocycles. The molecule has 1 aliphatic carbocycles. The first-order chi connectivity index (χ1) is 20.5. The van der Waals surface area contributed by atoms with Gasteiger partial charge in [-0.2, -0.15) is 4.31 Å². The molecule has 43 heavy (non-hydrogen) atoms. The number of rotatable bonds is 10. The number of alkyl halides is 2. The summed E-state index contributed by atoms with van der Waals surface area (Å²) >= 11 is 5.96. The Morgan fingerprint density at radius 2 is 1.88 bits per heavy atom. The van der Waals surface area contributed by atoms with Gasteiger partial charge in [0.25, 0.3) is 0 Å². The Kier molecular flexibility index (Phi) is 8.78. The van der Waals surface area contributed by atoms with E-state index in [1.807, 2.05) is 0 Å². The second-order valence-electron chi connectivity index (χ2n) is 10.7. The molecule has 1 aliphatic rings. The van der Waals surface area contributed by atoms with E-state index in [9.17, 15) is 22.3 Å². The van der Waals surface area contributed by atoms with Crippen LogP contribution in [-0.2, 0) is 27.9 Å². The second-order valence-corrected chi connectivity index (χ2v) is 12.9. The lowest BCUT2D eigenvalue weighted by Gasteiger charge is -2.32. The molecule has 4 aromatic rings. The van der Waals surface area contributed by atoms with Crippen molar-refractivity contribution in [2.24, 2.45) is 0 Å². The van der Waals surface area contributed by atoms with Crippen molar-refractivity contribution in [3.63, 3.8) is 0 Å². The Morgan fingerprint density at radius 1 is 1.14 bits per heavy atom. The zero-order chi connectivity index (χ0) is 30.9. The maximum Gasteiger partial charge on any atom is 0.211 e. The van der Waals surface area contributed by atoms with E-state index in [-0.39, 0.29) is 47.8 Å². The predicted octanol–water partition coefficient (Wildman–Crippen LogP) is 7.04. The number of ether oxygens (including phenoxy) is 1. The van der Waals surface area contributed by atoms with Gasteiger partial charge in [0, 0.05) is 23.7 Å². The number of methoxy groups -OCH3 is 1. The molecule has 3 aromatic carbocycles. The number of oxazole rings is 1. The maximum absolute atomic E-state index is 17.0. The van der Waals surface area contributed by atoms with E-state index in [1.54, 1.807) is 24.3 Å². The largest absolute Gasteiger partial charge is 0.504 e. The summed E-state index contributed by atoms with van der Waals surface area (Å²) in [4.78, 5) is 4.43. The van der Waals surface area contributed by atoms with Crippen molar-refractivity contribution in [2.75, 3.05) is 13.4 Å². The van der Waals surface area contributed by atoms with E-state index in [0.717, 1.165) is 24.0 Å². The Morgan fingerprint density at radius 3 is 2.53 bits per heavy atom. The third-order valence-corrected chi connectivity index (χ3v) is 9.57. The predicted molar refractivity (Wildman–Crippen MR) is 156 cm³/mol. The summed E-state index contributed by atoms with van der Waals surface area (Å²) in [6, 6.07) is 13.6. The summed E-state index contributed by atoms with van der Waals surface area (Å²) in [5.41, 5.74) is -0.612. The molecule has 1 aromatic heterocycles. The molecule has 1 unspecified atom stereocenters. The number of para-hydroxylation sites is 1. The Bertz CT molecular complexity index is 1720. The summed E-state index contributed by atoms with van der Waals surface area (Å²) in [6.45, 7) is 0.0542. The molecule has 0 amide bonds. The number of aromatic nitrogens is 1. The third kappa shape index (κ3) is 6.11. The molecule has 0 radical (unpaired) electrons. The number of nitrogens with zero attached hydrogens (tertiary/aromatic N) is 2. The number of phenols is 1. The highest BCUT2D eigenvalue weighted by atomic mass is 35.5. The van der Waals surface area contributed by atoms with Gasteiger partial charge in [0.2, 0.25) is 15.9 Å². The van der Waals surface area contributed by atoms with E-state index in [1.165, 1.54) is 41.9 Å². The lowest BCUT2D eigenvalue weighted by molar-refractivity contribution is 0.147. The zero-order valence-electron chi connectivity index (χ0n) is 23.4. The van der Waals surface area contributed by atoms with Crippen molar-refractivity contribution < 1.29 is 35.8 Å². The zero-order valence-corrected chi connectivity index (χ0v) is 25.0. The van der Waals surface area contributed by atoms with Crippen molar-refractivity contribution in [1.82, 2.24) is 9.29 Å². The smallest absolute Gasteiger partial charge is 0.211 e. The Labute approximate surface area is 252 Å². The Balaban J connectivity index is 1.55. The molecule has 1 fully saturated rings. The van der Waals surface area contributed by atoms with Crippen LogP contribution in [0.25, 0.3) is 11.1 Å². The van der Waals surface area contributed by atoms with Gasteiger partial charge in [-0.25, -0.2) is 26.6 Å². The van der Waals surface area contributed by atoms with Gasteiger partial charge in [0.15, 0.2) is 11.6 Å². The first kappa shape index (κ1) is 30.9. The van der Waals surface area contributed by atoms with Gasteiger partial charge < -0.3 is 14.3 Å². The molecule has 1 heterocycles. The molecule has 12 heteroatoms. The lowest BCUT2D eigenvalue weighted by atomic mass is 9.77. The number of sulfonamides is 1. The van der Waals surface area contributed by atoms with Crippen LogP contribution in [0.5, 0.6) is 11.5 Å². The fourth-order valence-corrected chi connectivity index (χ4v) is 7.04. The van der Waals surface area contributed by atoms with Gasteiger partial charge in [-0.05, 0) is 60.7 Å². The molecule has 228 valence electrons. The van der Waals surface area contributed by atoms with E-state index < -0.39 is 45.0 Å². The number of benzene rings is 3. The minimum atomic E-state index is -3.75. The molecule has 0 bridgehead atoms. The summed E-state index contributed by atoms with van der Waals surface area (Å²) in [5.74, 6) is -1.79. The van der Waals surface area contributed by atoms with Gasteiger partial charge in [-0.3, -0.25) is 0 Å². The van der Waals surface area contributed by atoms with Crippen molar-refractivity contribution >= 4 is 21.6 Å². The highest BCUT2D eigenvalue weighted by Gasteiger charge is 2.53. The highest BCUT2D eigenvalue weighted by molar-refractivity contribution is 7.88. The van der Waals surface area contributed by atoms with Crippen LogP contribution in [0.3, 0.4) is 0 Å². The van der Waals surface area contributed by atoms with Crippen molar-refractivity contribution in [1.29, 1.82) is 0 Å². The van der Waals surface area contributed by atoms with Crippen LogP contribution in [0, 0.1) is 11.6 Å². The standard InChI is InChI=1S/C31H30ClF3N2O5S/c1-41-23-9-6-19(7-10-23)17-37(43(2,39)40)22-12-13-31(15-22,30-36-21(16-32)18-42-30)29(35)20-8-11-26(33)25(14-20)24-4-3-5-27(34)28(24)38/h3-11,14,18,22,29,38H,12-13,15-17H2,1-2H3/t22-,29?,31-/m0/s1. The molecule has 3 atom stereocenters. The molecule has 0 spiro atoms. The molecule has 1 N–H and O–H groups in total. The number of hydrogen-bond donors (Lipinski definition) is 1. The SMILES string of the molecule is COc1ccc(CN([C@H]2CC[C@@](c3nc(CCl)co3)(C(F)c3ccc(F)c(-c4cccc(F)c4O)c3)C2)S(C)(=O)=O)cc1. The number of phenolic OH excluding ortho intramolecular Hbond substituents is 1. The summed E-state index contributed by atoms with van der Waals surface area (Å²) in [6.07, 6.45) is 1.07. The van der Waals surface area contributed by atoms with Gasteiger partial charge in [0.1, 0.15) is 24.0 Å². The van der Waals surface area contributed by atoms with Gasteiger partial charge in [0.05, 0.1) is 30.4 Å². The van der Waals surface area contributed by atoms with Gasteiger partial charge >= 0.3 is 0 Å². The van der Waals surface area contributed by atoms with E-state index >= 15 is 4.39 Å². The first-order valence-corrected chi connectivity index (χ1v) is 15.9. The van der Waals surface area contributed by atoms with E-state index in [2.05, 4.69) is 4.98 Å². The first-order valence-electron chi connectivity index (χ1n) is 13.5. The fourth-order valence-electron chi connectivity index (χ4n) is 5.81. The molecule has 0 saturated heterocycles. The minimum Gasteiger partial charge on any atom is -0.504 e. The van der Waals surface area contributed by atoms with Crippen LogP contribution in [-0.4, -0.2) is 42.2 Å². The van der Waals surface area contributed by atoms with Gasteiger partial charge in [-0.15, -0.1) is 11.6 Å². The molecular weight excluding hydrogens is 605 g/mol. The third-order valence-electron chi connectivity index (χ3n) is 8.01. The van der Waals surface area contributed by atoms with Crippen LogP contribution < -0.4 is 4.74 Å². The normalized spacial score (nSPS) is 19.6. The molecule has 5 rings (SSSR count). The summed E-state index contributed by atoms with van der Waals surface area (Å²) < 4.78 is 84.4. The molecule has 0 aliphatic heterocycles. The van der Waals surface area contributed by atoms with Crippen LogP contribution >= 0.6 is 11.6 Å². The fraction of sp³-hybridized carbons (Fsp3) is 0.323. The number of halogens is 4. The van der Waals surface area contributed by atoms with E-state index in [4.69, 9.17) is 20.8 Å². The average molecular weight is 635 g/mol. The highest BCUT2D eigenvalue weighted by Crippen LogP contribution is 2.53. The van der Waals surface area contributed by atoms with Gasteiger partial charge in [-0.1, -0.05) is 30.3 Å². The number of hydrogen-bond acceptors (Lipinski definition) is 6. The summed E-state index contributed by atoms with van der Waals surface area (Å²) in [7, 11) is -2.21. The lowest BCUT2D eigenvalue weighted by Crippen LogP contribution is -2.40. The molecule has 7 nitrogen and oxygen atoms in total. The maximum atomic E-state index is 17.0. The summed E-state index contributed by atoms with van der Waals surface area (Å²) in [5, 5.41) is 10.3. The quantitative estimate of drug-likeness (QED) is 0.188. The van der Waals surface area contributed by atoms with Crippen molar-refractivity contribution in [3.8, 4) is 22.6 Å². The number of aromatic hydroxyl groups is 1. The van der Waals surface area contributed by atoms with Crippen LogP contribution in [0.1, 0.15) is 48.1 Å². The monoisotopic (exact) mass is 634 g/mol. The second kappa shape index (κ2) is 12.2. The molecular formula is C31H30ClF3N2O5S. The van der Waals surface area contributed by atoms with Crippen LogP contribution in [0.4, 0.5) is 13.2 Å². The topological polar surface area (TPSA) is 92.9 Å². The van der Waals surface area contributed by atoms with Crippen molar-refractivity contribution in [2.45, 2.75) is 49.3 Å². The van der Waals surface area contributed by atoms with Crippen LogP contribution in [0.15, 0.2) is 71.3 Å². The van der Waals surface area contributed by atoms with E-state index in [0.29, 0.717) is 17.9 Å². The van der Waals surface area contributed by atoms with Crippen LogP contribution in [0.2, 0.25) is 0 Å². The van der Waals surface area contributed by atoms with Crippen molar-refractivity contribution in [3.05, 3.63) is 101 Å². The Hall–Kier alpha value is -3.54. The minimum absolute atomic E-state index is 0.0115.